The standard InChI is InChI=1S/C22H26Cl2N2O3/c1-5-25-22(28)16(4)26(12-17-6-7-19(23)20(24)11-17)21(27)13-29-18-9-14(2)8-15(3)10-18/h6-11,16H,5,12-13H2,1-4H3,(H,25,28). The summed E-state index contributed by atoms with van der Waals surface area (Å²) in [4.78, 5) is 26.8. The van der Waals surface area contributed by atoms with Crippen molar-refractivity contribution in [3.8, 4) is 5.75 Å². The van der Waals surface area contributed by atoms with Gasteiger partial charge in [0.15, 0.2) is 6.61 Å². The molecule has 0 saturated heterocycles. The molecule has 0 aliphatic heterocycles. The van der Waals surface area contributed by atoms with Crippen LogP contribution in [0.2, 0.25) is 10.0 Å². The number of nitrogens with one attached hydrogen (secondary N) is 1. The van der Waals surface area contributed by atoms with Crippen molar-refractivity contribution in [2.24, 2.45) is 0 Å². The van der Waals surface area contributed by atoms with Gasteiger partial charge in [0.2, 0.25) is 5.91 Å². The molecule has 29 heavy (non-hydrogen) atoms. The van der Waals surface area contributed by atoms with Gasteiger partial charge in [-0.25, -0.2) is 0 Å². The maximum absolute atomic E-state index is 13.0. The summed E-state index contributed by atoms with van der Waals surface area (Å²) in [7, 11) is 0. The van der Waals surface area contributed by atoms with E-state index in [1.54, 1.807) is 25.1 Å². The third kappa shape index (κ3) is 6.65. The predicted octanol–water partition coefficient (Wildman–Crippen LogP) is 4.54. The van der Waals surface area contributed by atoms with Gasteiger partial charge in [0.1, 0.15) is 11.8 Å². The van der Waals surface area contributed by atoms with Crippen LogP contribution in [0.3, 0.4) is 0 Å². The Morgan fingerprint density at radius 1 is 1.07 bits per heavy atom. The third-order valence-corrected chi connectivity index (χ3v) is 5.15. The Bertz CT molecular complexity index is 866. The highest BCUT2D eigenvalue weighted by atomic mass is 35.5. The van der Waals surface area contributed by atoms with Crippen LogP contribution in [0.4, 0.5) is 0 Å². The Kier molecular flexibility index (Phi) is 8.35. The molecule has 0 heterocycles. The molecule has 0 saturated carbocycles. The SMILES string of the molecule is CCNC(=O)C(C)N(Cc1ccc(Cl)c(Cl)c1)C(=O)COc1cc(C)cc(C)c1. The first-order chi connectivity index (χ1) is 13.7. The lowest BCUT2D eigenvalue weighted by atomic mass is 10.1. The van der Waals surface area contributed by atoms with E-state index in [-0.39, 0.29) is 25.0 Å². The number of benzene rings is 2. The molecule has 0 spiro atoms. The summed E-state index contributed by atoms with van der Waals surface area (Å²) in [5.74, 6) is 0.0947. The predicted molar refractivity (Wildman–Crippen MR) is 117 cm³/mol. The molecule has 2 rings (SSSR count). The topological polar surface area (TPSA) is 58.6 Å². The van der Waals surface area contributed by atoms with Crippen LogP contribution in [0.25, 0.3) is 0 Å². The Labute approximate surface area is 181 Å². The largest absolute Gasteiger partial charge is 0.484 e. The van der Waals surface area contributed by atoms with Crippen LogP contribution in [0, 0.1) is 13.8 Å². The van der Waals surface area contributed by atoms with Crippen LogP contribution in [-0.4, -0.2) is 35.9 Å². The van der Waals surface area contributed by atoms with Gasteiger partial charge in [0, 0.05) is 13.1 Å². The molecular formula is C22H26Cl2N2O3. The molecule has 2 amide bonds. The van der Waals surface area contributed by atoms with E-state index < -0.39 is 6.04 Å². The molecule has 2 aromatic carbocycles. The van der Waals surface area contributed by atoms with Crippen LogP contribution in [0.5, 0.6) is 5.75 Å². The zero-order valence-corrected chi connectivity index (χ0v) is 18.6. The Balaban J connectivity index is 2.19. The number of carbonyl (C=O) groups is 2. The van der Waals surface area contributed by atoms with E-state index in [0.717, 1.165) is 16.7 Å². The van der Waals surface area contributed by atoms with Gasteiger partial charge in [0.25, 0.3) is 5.91 Å². The highest BCUT2D eigenvalue weighted by Gasteiger charge is 2.26. The second-order valence-electron chi connectivity index (χ2n) is 6.95. The van der Waals surface area contributed by atoms with E-state index in [1.165, 1.54) is 4.90 Å². The molecule has 0 radical (unpaired) electrons. The lowest BCUT2D eigenvalue weighted by Gasteiger charge is -2.28. The number of halogens is 2. The molecule has 1 atom stereocenters. The maximum Gasteiger partial charge on any atom is 0.261 e. The molecular weight excluding hydrogens is 411 g/mol. The van der Waals surface area contributed by atoms with Gasteiger partial charge >= 0.3 is 0 Å². The quantitative estimate of drug-likeness (QED) is 0.660. The molecule has 0 aliphatic rings. The number of aryl methyl sites for hydroxylation is 2. The average molecular weight is 437 g/mol. The lowest BCUT2D eigenvalue weighted by molar-refractivity contribution is -0.142. The highest BCUT2D eigenvalue weighted by molar-refractivity contribution is 6.42. The molecule has 0 fully saturated rings. The molecule has 0 bridgehead atoms. The van der Waals surface area contributed by atoms with Gasteiger partial charge in [-0.3, -0.25) is 9.59 Å². The zero-order valence-electron chi connectivity index (χ0n) is 17.1. The zero-order chi connectivity index (χ0) is 21.6. The Hall–Kier alpha value is -2.24. The van der Waals surface area contributed by atoms with E-state index in [2.05, 4.69) is 5.32 Å². The second kappa shape index (κ2) is 10.5. The van der Waals surface area contributed by atoms with Crippen molar-refractivity contribution in [3.05, 3.63) is 63.1 Å². The smallest absolute Gasteiger partial charge is 0.261 e. The van der Waals surface area contributed by atoms with E-state index in [1.807, 2.05) is 39.0 Å². The number of hydrogen-bond donors (Lipinski definition) is 1. The summed E-state index contributed by atoms with van der Waals surface area (Å²) in [6.07, 6.45) is 0. The van der Waals surface area contributed by atoms with Crippen LogP contribution in [0.15, 0.2) is 36.4 Å². The summed E-state index contributed by atoms with van der Waals surface area (Å²) in [6.45, 7) is 7.98. The minimum absolute atomic E-state index is 0.173. The fourth-order valence-corrected chi connectivity index (χ4v) is 3.30. The normalized spacial score (nSPS) is 11.7. The highest BCUT2D eigenvalue weighted by Crippen LogP contribution is 2.24. The van der Waals surface area contributed by atoms with Gasteiger partial charge in [-0.1, -0.05) is 35.3 Å². The Morgan fingerprint density at radius 3 is 2.31 bits per heavy atom. The Morgan fingerprint density at radius 2 is 1.72 bits per heavy atom. The van der Waals surface area contributed by atoms with Gasteiger partial charge in [-0.15, -0.1) is 0 Å². The van der Waals surface area contributed by atoms with Gasteiger partial charge in [0.05, 0.1) is 10.0 Å². The first-order valence-electron chi connectivity index (χ1n) is 9.43. The molecule has 0 aromatic heterocycles. The fraction of sp³-hybridized carbons (Fsp3) is 0.364. The summed E-state index contributed by atoms with van der Waals surface area (Å²) >= 11 is 12.1. The minimum Gasteiger partial charge on any atom is -0.484 e. The van der Waals surface area contributed by atoms with Gasteiger partial charge < -0.3 is 15.0 Å². The number of nitrogens with zero attached hydrogens (tertiary/aromatic N) is 1. The number of rotatable bonds is 8. The van der Waals surface area contributed by atoms with Crippen molar-refractivity contribution in [1.29, 1.82) is 0 Å². The van der Waals surface area contributed by atoms with E-state index in [9.17, 15) is 9.59 Å². The lowest BCUT2D eigenvalue weighted by Crippen LogP contribution is -2.49. The monoisotopic (exact) mass is 436 g/mol. The van der Waals surface area contributed by atoms with Crippen LogP contribution >= 0.6 is 23.2 Å². The first-order valence-corrected chi connectivity index (χ1v) is 10.2. The molecule has 156 valence electrons. The second-order valence-corrected chi connectivity index (χ2v) is 7.77. The van der Waals surface area contributed by atoms with Crippen LogP contribution < -0.4 is 10.1 Å². The van der Waals surface area contributed by atoms with Crippen molar-refractivity contribution in [3.63, 3.8) is 0 Å². The van der Waals surface area contributed by atoms with Crippen molar-refractivity contribution in [1.82, 2.24) is 10.2 Å². The molecule has 2 aromatic rings. The summed E-state index contributed by atoms with van der Waals surface area (Å²) < 4.78 is 5.71. The number of carbonyl (C=O) groups excluding carboxylic acids is 2. The van der Waals surface area contributed by atoms with Crippen molar-refractivity contribution < 1.29 is 14.3 Å². The summed E-state index contributed by atoms with van der Waals surface area (Å²) in [5, 5.41) is 3.59. The average Bonchev–Trinajstić information content (AvgIpc) is 2.66. The van der Waals surface area contributed by atoms with E-state index >= 15 is 0 Å². The van der Waals surface area contributed by atoms with Crippen molar-refractivity contribution >= 4 is 35.0 Å². The van der Waals surface area contributed by atoms with Crippen LogP contribution in [0.1, 0.15) is 30.5 Å². The van der Waals surface area contributed by atoms with Gasteiger partial charge in [-0.05, 0) is 68.7 Å². The summed E-state index contributed by atoms with van der Waals surface area (Å²) in [5.41, 5.74) is 2.88. The summed E-state index contributed by atoms with van der Waals surface area (Å²) in [6, 6.07) is 10.3. The number of likely N-dealkylation sites (N-methyl/N-ethyl adjacent to an activating group) is 1. The maximum atomic E-state index is 13.0. The molecule has 0 aliphatic carbocycles. The van der Waals surface area contributed by atoms with E-state index in [4.69, 9.17) is 27.9 Å². The number of hydrogen-bond acceptors (Lipinski definition) is 3. The van der Waals surface area contributed by atoms with E-state index in [0.29, 0.717) is 22.3 Å². The fourth-order valence-electron chi connectivity index (χ4n) is 2.98. The number of ether oxygens (including phenoxy) is 1. The van der Waals surface area contributed by atoms with Crippen molar-refractivity contribution in [2.45, 2.75) is 40.3 Å². The third-order valence-electron chi connectivity index (χ3n) is 4.41. The van der Waals surface area contributed by atoms with Crippen molar-refractivity contribution in [2.75, 3.05) is 13.2 Å². The number of amides is 2. The molecule has 5 nitrogen and oxygen atoms in total. The molecule has 7 heteroatoms. The minimum atomic E-state index is -0.667. The first kappa shape index (κ1) is 23.0. The van der Waals surface area contributed by atoms with Gasteiger partial charge in [-0.2, -0.15) is 0 Å². The molecule has 1 N–H and O–H groups in total. The molecule has 1 unspecified atom stereocenters. The van der Waals surface area contributed by atoms with Crippen LogP contribution in [-0.2, 0) is 16.1 Å².